The van der Waals surface area contributed by atoms with E-state index < -0.39 is 23.7 Å². The number of benzene rings is 1. The Morgan fingerprint density at radius 1 is 1.21 bits per heavy atom. The van der Waals surface area contributed by atoms with Crippen molar-refractivity contribution in [3.05, 3.63) is 35.4 Å². The van der Waals surface area contributed by atoms with Crippen molar-refractivity contribution in [2.75, 3.05) is 0 Å². The smallest absolute Gasteiger partial charge is 0.408 e. The number of aliphatic carboxylic acids is 1. The van der Waals surface area contributed by atoms with E-state index in [4.69, 9.17) is 4.74 Å². The van der Waals surface area contributed by atoms with E-state index in [0.717, 1.165) is 19.3 Å². The lowest BCUT2D eigenvalue weighted by atomic mass is 9.31. The number of ether oxygens (including phenoxy) is 1. The van der Waals surface area contributed by atoms with Crippen LogP contribution in [0.15, 0.2) is 24.3 Å². The van der Waals surface area contributed by atoms with Crippen molar-refractivity contribution < 1.29 is 19.4 Å². The quantitative estimate of drug-likeness (QED) is 0.887. The summed E-state index contributed by atoms with van der Waals surface area (Å²) in [5.41, 5.74) is 1.67. The Bertz CT molecular complexity index is 669. The summed E-state index contributed by atoms with van der Waals surface area (Å²) in [6.07, 6.45) is 1.75. The number of alkyl carbamates (subject to hydrolysis) is 1. The molecule has 2 bridgehead atoms. The van der Waals surface area contributed by atoms with Crippen LogP contribution in [0, 0.1) is 12.3 Å². The fourth-order valence-corrected chi connectivity index (χ4v) is 4.53. The van der Waals surface area contributed by atoms with Gasteiger partial charge in [-0.1, -0.05) is 24.3 Å². The average molecular weight is 331 g/mol. The third kappa shape index (κ3) is 2.66. The van der Waals surface area contributed by atoms with Gasteiger partial charge in [-0.05, 0) is 63.5 Å². The Morgan fingerprint density at radius 3 is 2.29 bits per heavy atom. The maximum atomic E-state index is 12.0. The predicted octanol–water partition coefficient (Wildman–Crippen LogP) is 3.39. The Labute approximate surface area is 142 Å². The van der Waals surface area contributed by atoms with Crippen LogP contribution in [0.5, 0.6) is 0 Å². The summed E-state index contributed by atoms with van der Waals surface area (Å²) < 4.78 is 5.21. The number of rotatable bonds is 4. The van der Waals surface area contributed by atoms with E-state index in [1.54, 1.807) is 20.8 Å². The molecule has 3 aliphatic rings. The molecular weight excluding hydrogens is 306 g/mol. The molecule has 1 amide bonds. The predicted molar refractivity (Wildman–Crippen MR) is 89.9 cm³/mol. The Hall–Kier alpha value is -2.04. The number of nitrogens with one attached hydrogen (secondary N) is 1. The van der Waals surface area contributed by atoms with Gasteiger partial charge in [0.05, 0.1) is 0 Å². The maximum Gasteiger partial charge on any atom is 0.408 e. The highest BCUT2D eigenvalue weighted by atomic mass is 16.6. The van der Waals surface area contributed by atoms with Crippen molar-refractivity contribution in [1.82, 2.24) is 5.32 Å². The summed E-state index contributed by atoms with van der Waals surface area (Å²) in [7, 11) is 0. The molecule has 0 aromatic heterocycles. The molecule has 24 heavy (non-hydrogen) atoms. The topological polar surface area (TPSA) is 75.6 Å². The van der Waals surface area contributed by atoms with Gasteiger partial charge in [0.25, 0.3) is 0 Å². The van der Waals surface area contributed by atoms with Gasteiger partial charge in [0.15, 0.2) is 0 Å². The first-order chi connectivity index (χ1) is 11.1. The number of carboxylic acid groups (broad SMARTS) is 1. The average Bonchev–Trinajstić information content (AvgIpc) is 2.34. The molecule has 3 saturated carbocycles. The van der Waals surface area contributed by atoms with Crippen LogP contribution in [-0.2, 0) is 14.9 Å². The molecule has 130 valence electrons. The molecule has 3 aliphatic carbocycles. The van der Waals surface area contributed by atoms with Gasteiger partial charge in [0.1, 0.15) is 11.6 Å². The standard InChI is InChI=1S/C19H25NO4/c1-12-7-5-6-8-13(12)18-9-19(10-18,11-18)14(15(21)22)20-16(23)24-17(2,3)4/h5-8,14H,9-11H2,1-4H3,(H,20,23)(H,21,22). The monoisotopic (exact) mass is 331 g/mol. The number of hydrogen-bond donors (Lipinski definition) is 2. The number of aryl methyl sites for hydroxylation is 1. The van der Waals surface area contributed by atoms with Gasteiger partial charge in [0.2, 0.25) is 0 Å². The molecule has 0 saturated heterocycles. The van der Waals surface area contributed by atoms with E-state index in [2.05, 4.69) is 24.4 Å². The molecule has 5 nitrogen and oxygen atoms in total. The minimum atomic E-state index is -0.987. The highest BCUT2D eigenvalue weighted by Gasteiger charge is 2.72. The second-order valence-corrected chi connectivity index (χ2v) is 8.41. The van der Waals surface area contributed by atoms with Gasteiger partial charge in [-0.25, -0.2) is 9.59 Å². The molecule has 3 fully saturated rings. The highest BCUT2D eigenvalue weighted by Crippen LogP contribution is 2.75. The van der Waals surface area contributed by atoms with Crippen molar-refractivity contribution >= 4 is 12.1 Å². The molecule has 1 aromatic carbocycles. The normalized spacial score (nSPS) is 29.0. The number of amides is 1. The third-order valence-electron chi connectivity index (χ3n) is 5.31. The van der Waals surface area contributed by atoms with Crippen molar-refractivity contribution in [2.24, 2.45) is 5.41 Å². The van der Waals surface area contributed by atoms with E-state index in [1.165, 1.54) is 11.1 Å². The van der Waals surface area contributed by atoms with Gasteiger partial charge >= 0.3 is 12.1 Å². The molecule has 0 aliphatic heterocycles. The minimum Gasteiger partial charge on any atom is -0.480 e. The number of carbonyl (C=O) groups excluding carboxylic acids is 1. The zero-order valence-corrected chi connectivity index (χ0v) is 14.7. The SMILES string of the molecule is Cc1ccccc1C12CC(C(NC(=O)OC(C)(C)C)C(=O)O)(C1)C2. The van der Waals surface area contributed by atoms with Crippen LogP contribution in [0.2, 0.25) is 0 Å². The third-order valence-corrected chi connectivity index (χ3v) is 5.31. The lowest BCUT2D eigenvalue weighted by Gasteiger charge is -2.72. The van der Waals surface area contributed by atoms with Crippen LogP contribution in [-0.4, -0.2) is 28.8 Å². The fraction of sp³-hybridized carbons (Fsp3) is 0.579. The molecule has 4 rings (SSSR count). The van der Waals surface area contributed by atoms with E-state index in [1.807, 2.05) is 12.1 Å². The van der Waals surface area contributed by atoms with E-state index in [-0.39, 0.29) is 10.8 Å². The molecule has 1 aromatic rings. The van der Waals surface area contributed by atoms with E-state index in [9.17, 15) is 14.7 Å². The van der Waals surface area contributed by atoms with Crippen LogP contribution in [0.25, 0.3) is 0 Å². The lowest BCUT2D eigenvalue weighted by Crippen LogP contribution is -2.73. The van der Waals surface area contributed by atoms with Crippen LogP contribution in [0.1, 0.15) is 51.2 Å². The second-order valence-electron chi connectivity index (χ2n) is 8.41. The van der Waals surface area contributed by atoms with Crippen LogP contribution < -0.4 is 5.32 Å². The van der Waals surface area contributed by atoms with Crippen molar-refractivity contribution in [2.45, 2.75) is 64.0 Å². The van der Waals surface area contributed by atoms with Gasteiger partial charge in [-0.15, -0.1) is 0 Å². The fourth-order valence-electron chi connectivity index (χ4n) is 4.53. The molecule has 0 heterocycles. The zero-order valence-electron chi connectivity index (χ0n) is 14.7. The first kappa shape index (κ1) is 16.8. The van der Waals surface area contributed by atoms with Crippen LogP contribution >= 0.6 is 0 Å². The number of carboxylic acids is 1. The van der Waals surface area contributed by atoms with Crippen LogP contribution in [0.3, 0.4) is 0 Å². The van der Waals surface area contributed by atoms with Gasteiger partial charge in [-0.2, -0.15) is 0 Å². The largest absolute Gasteiger partial charge is 0.480 e. The minimum absolute atomic E-state index is 0.0919. The maximum absolute atomic E-state index is 12.0. The van der Waals surface area contributed by atoms with E-state index >= 15 is 0 Å². The lowest BCUT2D eigenvalue weighted by molar-refractivity contribution is -0.183. The molecule has 0 radical (unpaired) electrons. The Balaban J connectivity index is 1.70. The van der Waals surface area contributed by atoms with Gasteiger partial charge in [-0.3, -0.25) is 0 Å². The summed E-state index contributed by atoms with van der Waals surface area (Å²) in [6.45, 7) is 7.37. The van der Waals surface area contributed by atoms with Crippen molar-refractivity contribution in [3.8, 4) is 0 Å². The molecule has 2 N–H and O–H groups in total. The molecule has 1 unspecified atom stereocenters. The highest BCUT2D eigenvalue weighted by molar-refractivity contribution is 5.82. The summed E-state index contributed by atoms with van der Waals surface area (Å²) in [6, 6.07) is 7.39. The molecule has 5 heteroatoms. The molecular formula is C19H25NO4. The first-order valence-electron chi connectivity index (χ1n) is 8.35. The second kappa shape index (κ2) is 5.23. The first-order valence-corrected chi connectivity index (χ1v) is 8.35. The molecule has 0 spiro atoms. The van der Waals surface area contributed by atoms with Crippen molar-refractivity contribution in [3.63, 3.8) is 0 Å². The van der Waals surface area contributed by atoms with Gasteiger partial charge < -0.3 is 15.2 Å². The van der Waals surface area contributed by atoms with Crippen molar-refractivity contribution in [1.29, 1.82) is 0 Å². The van der Waals surface area contributed by atoms with Gasteiger partial charge in [0, 0.05) is 5.41 Å². The van der Waals surface area contributed by atoms with E-state index in [0.29, 0.717) is 0 Å². The number of hydrogen-bond acceptors (Lipinski definition) is 3. The van der Waals surface area contributed by atoms with Crippen LogP contribution in [0.4, 0.5) is 4.79 Å². The number of carbonyl (C=O) groups is 2. The Morgan fingerprint density at radius 2 is 1.79 bits per heavy atom. The summed E-state index contributed by atoms with van der Waals surface area (Å²) in [5.74, 6) is -0.987. The zero-order chi connectivity index (χ0) is 17.8. The summed E-state index contributed by atoms with van der Waals surface area (Å²) >= 11 is 0. The molecule has 1 atom stereocenters. The summed E-state index contributed by atoms with van der Waals surface area (Å²) in [5, 5.41) is 12.2. The Kier molecular flexibility index (Phi) is 3.66. The summed E-state index contributed by atoms with van der Waals surface area (Å²) in [4.78, 5) is 23.7.